The Balaban J connectivity index is 1.64. The minimum absolute atomic E-state index is 0.188. The van der Waals surface area contributed by atoms with Crippen molar-refractivity contribution in [2.24, 2.45) is 5.41 Å². The summed E-state index contributed by atoms with van der Waals surface area (Å²) in [6.07, 6.45) is 1.62. The van der Waals surface area contributed by atoms with Crippen molar-refractivity contribution in [1.82, 2.24) is 15.0 Å². The van der Waals surface area contributed by atoms with Crippen LogP contribution in [0.15, 0.2) is 6.33 Å². The van der Waals surface area contributed by atoms with Gasteiger partial charge in [-0.25, -0.2) is 14.8 Å². The normalized spacial score (nSPS) is 21.7. The van der Waals surface area contributed by atoms with Crippen LogP contribution < -0.4 is 10.2 Å². The zero-order valence-corrected chi connectivity index (χ0v) is 14.3. The smallest absolute Gasteiger partial charge is 0.330 e. The highest BCUT2D eigenvalue weighted by Gasteiger charge is 2.31. The van der Waals surface area contributed by atoms with Gasteiger partial charge < -0.3 is 15.1 Å². The zero-order chi connectivity index (χ0) is 16.6. The van der Waals surface area contributed by atoms with Crippen LogP contribution in [-0.4, -0.2) is 53.7 Å². The molecule has 0 aliphatic carbocycles. The molecule has 7 nitrogen and oxygen atoms in total. The van der Waals surface area contributed by atoms with Gasteiger partial charge in [-0.1, -0.05) is 6.92 Å². The summed E-state index contributed by atoms with van der Waals surface area (Å²) < 4.78 is 0. The largest absolute Gasteiger partial charge is 0.369 e. The second-order valence-corrected chi connectivity index (χ2v) is 7.29. The number of anilines is 2. The molecule has 0 saturated carbocycles. The van der Waals surface area contributed by atoms with Crippen molar-refractivity contribution >= 4 is 17.6 Å². The number of carbonyl (C=O) groups excluding carboxylic acids is 1. The molecule has 23 heavy (non-hydrogen) atoms. The number of rotatable bonds is 2. The van der Waals surface area contributed by atoms with Crippen LogP contribution in [0.25, 0.3) is 0 Å². The first-order valence-electron chi connectivity index (χ1n) is 8.17. The summed E-state index contributed by atoms with van der Waals surface area (Å²) in [6.45, 7) is 11.6. The lowest BCUT2D eigenvalue weighted by Gasteiger charge is -2.35. The summed E-state index contributed by atoms with van der Waals surface area (Å²) in [5, 5.41) is 5.08. The maximum Gasteiger partial charge on any atom is 0.330 e. The molecule has 1 aromatic rings. The van der Waals surface area contributed by atoms with E-state index in [1.807, 2.05) is 20.8 Å². The Morgan fingerprint density at radius 2 is 1.96 bits per heavy atom. The Morgan fingerprint density at radius 3 is 2.61 bits per heavy atom. The monoisotopic (exact) mass is 319 g/mol. The van der Waals surface area contributed by atoms with Gasteiger partial charge in [0.25, 0.3) is 0 Å². The minimum Gasteiger partial charge on any atom is -0.369 e. The molecule has 126 valence electrons. The van der Waals surface area contributed by atoms with Gasteiger partial charge >= 0.3 is 5.97 Å². The second kappa shape index (κ2) is 5.96. The summed E-state index contributed by atoms with van der Waals surface area (Å²) in [6, 6.07) is 0. The average Bonchev–Trinajstić information content (AvgIpc) is 2.89. The van der Waals surface area contributed by atoms with Crippen LogP contribution in [0.4, 0.5) is 11.6 Å². The molecule has 1 N–H and O–H groups in total. The molecule has 3 rings (SSSR count). The van der Waals surface area contributed by atoms with Crippen molar-refractivity contribution in [2.75, 3.05) is 42.9 Å². The number of hydrogen-bond donors (Lipinski definition) is 1. The number of hydrogen-bond acceptors (Lipinski definition) is 7. The number of fused-ring (bicyclic) bond motifs is 1. The second-order valence-electron chi connectivity index (χ2n) is 7.29. The minimum atomic E-state index is -0.480. The Hall–Kier alpha value is -1.89. The predicted octanol–water partition coefficient (Wildman–Crippen LogP) is 1.63. The third-order valence-corrected chi connectivity index (χ3v) is 4.29. The maximum atomic E-state index is 12.0. The summed E-state index contributed by atoms with van der Waals surface area (Å²) in [5.74, 6) is 2.18. The van der Waals surface area contributed by atoms with E-state index in [1.54, 1.807) is 11.4 Å². The number of nitrogens with one attached hydrogen (secondary N) is 1. The summed E-state index contributed by atoms with van der Waals surface area (Å²) in [4.78, 5) is 28.5. The third-order valence-electron chi connectivity index (χ3n) is 4.29. The molecule has 1 saturated heterocycles. The van der Waals surface area contributed by atoms with Crippen molar-refractivity contribution in [1.29, 1.82) is 0 Å². The van der Waals surface area contributed by atoms with Gasteiger partial charge in [-0.15, -0.1) is 5.06 Å². The Kier molecular flexibility index (Phi) is 4.14. The highest BCUT2D eigenvalue weighted by molar-refractivity contribution is 5.75. The third kappa shape index (κ3) is 3.24. The topological polar surface area (TPSA) is 70.6 Å². The van der Waals surface area contributed by atoms with Crippen LogP contribution in [-0.2, 0) is 9.63 Å². The quantitative estimate of drug-likeness (QED) is 0.888. The highest BCUT2D eigenvalue weighted by Crippen LogP contribution is 2.35. The maximum absolute atomic E-state index is 12.0. The van der Waals surface area contributed by atoms with Crippen LogP contribution in [0, 0.1) is 5.41 Å². The molecular formula is C16H25N5O2. The van der Waals surface area contributed by atoms with Gasteiger partial charge in [0.2, 0.25) is 0 Å². The fraction of sp³-hybridized carbons (Fsp3) is 0.688. The molecule has 0 radical (unpaired) electrons. The van der Waals surface area contributed by atoms with Crippen LogP contribution in [0.3, 0.4) is 0 Å². The van der Waals surface area contributed by atoms with Crippen molar-refractivity contribution in [2.45, 2.75) is 33.6 Å². The van der Waals surface area contributed by atoms with E-state index in [2.05, 4.69) is 27.1 Å². The molecule has 1 atom stereocenters. The predicted molar refractivity (Wildman–Crippen MR) is 88.3 cm³/mol. The van der Waals surface area contributed by atoms with Gasteiger partial charge in [-0.05, 0) is 20.8 Å². The van der Waals surface area contributed by atoms with Crippen LogP contribution in [0.5, 0.6) is 0 Å². The van der Waals surface area contributed by atoms with E-state index in [0.29, 0.717) is 19.0 Å². The lowest BCUT2D eigenvalue weighted by atomic mass is 9.98. The lowest BCUT2D eigenvalue weighted by Crippen LogP contribution is -2.48. The molecule has 0 spiro atoms. The van der Waals surface area contributed by atoms with E-state index in [4.69, 9.17) is 4.84 Å². The number of aromatic nitrogens is 2. The van der Waals surface area contributed by atoms with E-state index in [9.17, 15) is 4.79 Å². The summed E-state index contributed by atoms with van der Waals surface area (Å²) in [5.41, 5.74) is 0.721. The molecule has 0 aromatic carbocycles. The van der Waals surface area contributed by atoms with Crippen molar-refractivity contribution in [3.63, 3.8) is 0 Å². The van der Waals surface area contributed by atoms with E-state index in [1.165, 1.54) is 5.56 Å². The van der Waals surface area contributed by atoms with Gasteiger partial charge in [-0.3, -0.25) is 0 Å². The number of carbonyl (C=O) groups is 1. The van der Waals surface area contributed by atoms with E-state index in [0.717, 1.165) is 31.3 Å². The fourth-order valence-corrected chi connectivity index (χ4v) is 2.83. The number of piperazine rings is 1. The van der Waals surface area contributed by atoms with Crippen LogP contribution in [0.2, 0.25) is 0 Å². The van der Waals surface area contributed by atoms with Crippen molar-refractivity contribution in [3.8, 4) is 0 Å². The number of hydroxylamine groups is 2. The first-order valence-corrected chi connectivity index (χ1v) is 8.17. The van der Waals surface area contributed by atoms with Gasteiger partial charge in [0.1, 0.15) is 18.0 Å². The number of nitrogens with zero attached hydrogens (tertiary/aromatic N) is 4. The first kappa shape index (κ1) is 16.0. The SMILES string of the molecule is CC1CNc2ncnc(N3CCN(OC(=O)C(C)(C)C)CC3)c21. The van der Waals surface area contributed by atoms with Gasteiger partial charge in [0.15, 0.2) is 0 Å². The molecule has 0 bridgehead atoms. The van der Waals surface area contributed by atoms with Gasteiger partial charge in [-0.2, -0.15) is 0 Å². The highest BCUT2D eigenvalue weighted by atomic mass is 16.7. The molecule has 0 amide bonds. The molecular weight excluding hydrogens is 294 g/mol. The van der Waals surface area contributed by atoms with Crippen LogP contribution >= 0.6 is 0 Å². The molecule has 1 unspecified atom stereocenters. The molecule has 2 aliphatic rings. The van der Waals surface area contributed by atoms with Crippen LogP contribution in [0.1, 0.15) is 39.2 Å². The molecule has 2 aliphatic heterocycles. The van der Waals surface area contributed by atoms with Gasteiger partial charge in [0, 0.05) is 31.1 Å². The van der Waals surface area contributed by atoms with E-state index >= 15 is 0 Å². The van der Waals surface area contributed by atoms with Gasteiger partial charge in [0.05, 0.1) is 18.5 Å². The van der Waals surface area contributed by atoms with E-state index < -0.39 is 5.41 Å². The Bertz CT molecular complexity index is 591. The fourth-order valence-electron chi connectivity index (χ4n) is 2.83. The molecule has 1 aromatic heterocycles. The standard InChI is InChI=1S/C16H25N5O2/c1-11-9-17-13-12(11)14(19-10-18-13)20-5-7-21(8-6-20)23-15(22)16(2,3)4/h10-11H,5-9H2,1-4H3,(H,17,18,19). The lowest BCUT2D eigenvalue weighted by molar-refractivity contribution is -0.201. The Morgan fingerprint density at radius 1 is 1.26 bits per heavy atom. The zero-order valence-electron chi connectivity index (χ0n) is 14.3. The average molecular weight is 319 g/mol. The molecule has 3 heterocycles. The first-order chi connectivity index (χ1) is 10.9. The Labute approximate surface area is 137 Å². The van der Waals surface area contributed by atoms with Crippen molar-refractivity contribution in [3.05, 3.63) is 11.9 Å². The van der Waals surface area contributed by atoms with E-state index in [-0.39, 0.29) is 5.97 Å². The summed E-state index contributed by atoms with van der Waals surface area (Å²) >= 11 is 0. The molecule has 7 heteroatoms. The molecule has 1 fully saturated rings. The van der Waals surface area contributed by atoms with Crippen molar-refractivity contribution < 1.29 is 9.63 Å². The summed E-state index contributed by atoms with van der Waals surface area (Å²) in [7, 11) is 0.